The highest BCUT2D eigenvalue weighted by Gasteiger charge is 2.21. The number of benzene rings is 1. The number of ether oxygens (including phenoxy) is 1. The van der Waals surface area contributed by atoms with Gasteiger partial charge in [0.2, 0.25) is 5.91 Å². The Balaban J connectivity index is 2.16. The zero-order valence-electron chi connectivity index (χ0n) is 16.7. The summed E-state index contributed by atoms with van der Waals surface area (Å²) in [7, 11) is 1.59. The lowest BCUT2D eigenvalue weighted by atomic mass is 9.95. The van der Waals surface area contributed by atoms with Gasteiger partial charge in [-0.1, -0.05) is 20.8 Å². The number of pyridine rings is 1. The Labute approximate surface area is 164 Å². The first-order chi connectivity index (χ1) is 13.2. The van der Waals surface area contributed by atoms with Gasteiger partial charge in [-0.2, -0.15) is 0 Å². The Morgan fingerprint density at radius 1 is 1.11 bits per heavy atom. The first-order valence-corrected chi connectivity index (χ1v) is 9.14. The van der Waals surface area contributed by atoms with Crippen LogP contribution in [0.3, 0.4) is 0 Å². The SMILES string of the molecule is COCCCNC(=O)c1cccn(-c2ccc(NC(=O)C(C)(C)C)cc2)c1=O. The van der Waals surface area contributed by atoms with Gasteiger partial charge in [0.25, 0.3) is 11.5 Å². The smallest absolute Gasteiger partial charge is 0.267 e. The molecule has 0 saturated heterocycles. The standard InChI is InChI=1S/C21H27N3O4/c1-21(2,3)20(27)23-15-8-10-16(11-9-15)24-13-5-7-17(19(24)26)18(25)22-12-6-14-28-4/h5,7-11,13H,6,12,14H2,1-4H3,(H,22,25)(H,23,27). The minimum Gasteiger partial charge on any atom is -0.385 e. The fourth-order valence-corrected chi connectivity index (χ4v) is 2.41. The average Bonchev–Trinajstić information content (AvgIpc) is 2.65. The van der Waals surface area contributed by atoms with Crippen molar-refractivity contribution in [3.63, 3.8) is 0 Å². The maximum Gasteiger partial charge on any atom is 0.267 e. The maximum absolute atomic E-state index is 12.7. The van der Waals surface area contributed by atoms with Crippen molar-refractivity contribution in [2.45, 2.75) is 27.2 Å². The lowest BCUT2D eigenvalue weighted by Gasteiger charge is -2.18. The van der Waals surface area contributed by atoms with Crippen molar-refractivity contribution in [2.24, 2.45) is 5.41 Å². The molecular formula is C21H27N3O4. The number of carbonyl (C=O) groups excluding carboxylic acids is 2. The number of anilines is 1. The highest BCUT2D eigenvalue weighted by atomic mass is 16.5. The van der Waals surface area contributed by atoms with E-state index in [9.17, 15) is 14.4 Å². The molecule has 0 bridgehead atoms. The van der Waals surface area contributed by atoms with E-state index in [0.29, 0.717) is 30.9 Å². The van der Waals surface area contributed by atoms with E-state index in [0.717, 1.165) is 0 Å². The zero-order chi connectivity index (χ0) is 20.7. The number of nitrogens with one attached hydrogen (secondary N) is 2. The number of amides is 2. The van der Waals surface area contributed by atoms with Gasteiger partial charge >= 0.3 is 0 Å². The van der Waals surface area contributed by atoms with Gasteiger partial charge in [0.1, 0.15) is 5.56 Å². The number of hydrogen-bond acceptors (Lipinski definition) is 4. The molecule has 0 saturated carbocycles. The summed E-state index contributed by atoms with van der Waals surface area (Å²) in [6.07, 6.45) is 2.28. The Bertz CT molecular complexity index is 880. The van der Waals surface area contributed by atoms with Crippen molar-refractivity contribution in [1.82, 2.24) is 9.88 Å². The van der Waals surface area contributed by atoms with E-state index in [1.54, 1.807) is 43.6 Å². The second-order valence-corrected chi connectivity index (χ2v) is 7.45. The third kappa shape index (κ3) is 5.53. The molecule has 0 aliphatic rings. The summed E-state index contributed by atoms with van der Waals surface area (Å²) in [6.45, 7) is 6.48. The number of carbonyl (C=O) groups is 2. The van der Waals surface area contributed by atoms with Gasteiger partial charge in [-0.25, -0.2) is 0 Å². The van der Waals surface area contributed by atoms with Gasteiger partial charge < -0.3 is 15.4 Å². The van der Waals surface area contributed by atoms with Crippen LogP contribution in [0.4, 0.5) is 5.69 Å². The van der Waals surface area contributed by atoms with Crippen LogP contribution in [0.5, 0.6) is 0 Å². The molecule has 2 rings (SSSR count). The van der Waals surface area contributed by atoms with Crippen molar-refractivity contribution in [3.05, 3.63) is 58.5 Å². The minimum absolute atomic E-state index is 0.0741. The summed E-state index contributed by atoms with van der Waals surface area (Å²) in [5, 5.41) is 5.56. The van der Waals surface area contributed by atoms with E-state index in [1.807, 2.05) is 20.8 Å². The molecule has 2 N–H and O–H groups in total. The largest absolute Gasteiger partial charge is 0.385 e. The molecule has 1 aromatic carbocycles. The van der Waals surface area contributed by atoms with Crippen LogP contribution in [-0.4, -0.2) is 36.6 Å². The van der Waals surface area contributed by atoms with E-state index >= 15 is 0 Å². The summed E-state index contributed by atoms with van der Waals surface area (Å²) in [5.74, 6) is -0.505. The fraction of sp³-hybridized carbons (Fsp3) is 0.381. The molecule has 1 aromatic heterocycles. The van der Waals surface area contributed by atoms with Gasteiger partial charge in [-0.3, -0.25) is 19.0 Å². The molecule has 0 fully saturated rings. The second-order valence-electron chi connectivity index (χ2n) is 7.45. The van der Waals surface area contributed by atoms with Crippen LogP contribution in [0.15, 0.2) is 47.4 Å². The van der Waals surface area contributed by atoms with E-state index < -0.39 is 16.9 Å². The number of hydrogen-bond donors (Lipinski definition) is 2. The number of rotatable bonds is 7. The number of aromatic nitrogens is 1. The predicted octanol–water partition coefficient (Wildman–Crippen LogP) is 2.59. The molecule has 0 aliphatic carbocycles. The van der Waals surface area contributed by atoms with E-state index in [2.05, 4.69) is 10.6 Å². The molecule has 150 valence electrons. The zero-order valence-corrected chi connectivity index (χ0v) is 16.7. The molecule has 0 radical (unpaired) electrons. The lowest BCUT2D eigenvalue weighted by molar-refractivity contribution is -0.123. The molecule has 1 heterocycles. The van der Waals surface area contributed by atoms with Gasteiger partial charge in [0.15, 0.2) is 0 Å². The third-order valence-electron chi connectivity index (χ3n) is 4.09. The van der Waals surface area contributed by atoms with Crippen LogP contribution >= 0.6 is 0 Å². The highest BCUT2D eigenvalue weighted by molar-refractivity contribution is 5.95. The Morgan fingerprint density at radius 3 is 2.39 bits per heavy atom. The van der Waals surface area contributed by atoms with Crippen molar-refractivity contribution >= 4 is 17.5 Å². The van der Waals surface area contributed by atoms with Gasteiger partial charge in [-0.05, 0) is 42.8 Å². The van der Waals surface area contributed by atoms with E-state index in [-0.39, 0.29) is 11.5 Å². The summed E-state index contributed by atoms with van der Waals surface area (Å²) < 4.78 is 6.34. The van der Waals surface area contributed by atoms with Crippen LogP contribution in [-0.2, 0) is 9.53 Å². The molecule has 0 spiro atoms. The Kier molecular flexibility index (Phi) is 7.12. The summed E-state index contributed by atoms with van der Waals surface area (Å²) in [5.41, 5.74) is 0.417. The normalized spacial score (nSPS) is 11.1. The van der Waals surface area contributed by atoms with E-state index in [1.165, 1.54) is 10.6 Å². The molecule has 0 aliphatic heterocycles. The van der Waals surface area contributed by atoms with Crippen molar-refractivity contribution < 1.29 is 14.3 Å². The van der Waals surface area contributed by atoms with E-state index in [4.69, 9.17) is 4.74 Å². The second kappa shape index (κ2) is 9.32. The molecule has 0 atom stereocenters. The van der Waals surface area contributed by atoms with Crippen molar-refractivity contribution in [1.29, 1.82) is 0 Å². The molecule has 7 nitrogen and oxygen atoms in total. The topological polar surface area (TPSA) is 89.4 Å². The number of nitrogens with zero attached hydrogens (tertiary/aromatic N) is 1. The van der Waals surface area contributed by atoms with Crippen LogP contribution in [0, 0.1) is 5.41 Å². The van der Waals surface area contributed by atoms with Crippen LogP contribution in [0.2, 0.25) is 0 Å². The van der Waals surface area contributed by atoms with Crippen molar-refractivity contribution in [3.8, 4) is 5.69 Å². The van der Waals surface area contributed by atoms with Crippen LogP contribution in [0.1, 0.15) is 37.6 Å². The first kappa shape index (κ1) is 21.4. The lowest BCUT2D eigenvalue weighted by Crippen LogP contribution is -2.33. The Hall–Kier alpha value is -2.93. The summed E-state index contributed by atoms with van der Waals surface area (Å²) in [6, 6.07) is 10.1. The van der Waals surface area contributed by atoms with Gasteiger partial charge in [0, 0.05) is 43.2 Å². The van der Waals surface area contributed by atoms with Crippen molar-refractivity contribution in [2.75, 3.05) is 25.6 Å². The summed E-state index contributed by atoms with van der Waals surface area (Å²) in [4.78, 5) is 37.0. The quantitative estimate of drug-likeness (QED) is 0.717. The fourth-order valence-electron chi connectivity index (χ4n) is 2.41. The highest BCUT2D eigenvalue weighted by Crippen LogP contribution is 2.18. The van der Waals surface area contributed by atoms with Gasteiger partial charge in [0.05, 0.1) is 0 Å². The monoisotopic (exact) mass is 385 g/mol. The molecule has 7 heteroatoms. The number of methoxy groups -OCH3 is 1. The Morgan fingerprint density at radius 2 is 1.79 bits per heavy atom. The molecule has 2 amide bonds. The van der Waals surface area contributed by atoms with Gasteiger partial charge in [-0.15, -0.1) is 0 Å². The predicted molar refractivity (Wildman–Crippen MR) is 109 cm³/mol. The first-order valence-electron chi connectivity index (χ1n) is 9.14. The molecule has 2 aromatic rings. The van der Waals surface area contributed by atoms with Crippen LogP contribution in [0.25, 0.3) is 5.69 Å². The molecule has 0 unspecified atom stereocenters. The summed E-state index contributed by atoms with van der Waals surface area (Å²) >= 11 is 0. The van der Waals surface area contributed by atoms with Crippen LogP contribution < -0.4 is 16.2 Å². The molecule has 28 heavy (non-hydrogen) atoms. The molecular weight excluding hydrogens is 358 g/mol. The maximum atomic E-state index is 12.7. The third-order valence-corrected chi connectivity index (χ3v) is 4.09. The minimum atomic E-state index is -0.499. The average molecular weight is 385 g/mol.